The summed E-state index contributed by atoms with van der Waals surface area (Å²) in [5.41, 5.74) is 2.59. The highest BCUT2D eigenvalue weighted by Crippen LogP contribution is 2.36. The molecule has 0 bridgehead atoms. The summed E-state index contributed by atoms with van der Waals surface area (Å²) in [7, 11) is 0. The van der Waals surface area contributed by atoms with Crippen LogP contribution in [0.3, 0.4) is 0 Å². The Labute approximate surface area is 109 Å². The highest BCUT2D eigenvalue weighted by molar-refractivity contribution is 6.30. The highest BCUT2D eigenvalue weighted by Gasteiger charge is 2.27. The largest absolute Gasteiger partial charge is 0.381 e. The molecule has 1 atom stereocenters. The Hall–Kier alpha value is -0.760. The van der Waals surface area contributed by atoms with Gasteiger partial charge in [-0.3, -0.25) is 0 Å². The van der Waals surface area contributed by atoms with Gasteiger partial charge in [0.1, 0.15) is 5.15 Å². The molecule has 0 spiro atoms. The molecule has 1 heterocycles. The second-order valence-corrected chi connectivity index (χ2v) is 6.29. The first kappa shape index (κ1) is 12.7. The first-order valence-corrected chi connectivity index (χ1v) is 6.73. The van der Waals surface area contributed by atoms with Crippen molar-refractivity contribution in [2.24, 2.45) is 5.41 Å². The van der Waals surface area contributed by atoms with Crippen LogP contribution in [0.2, 0.25) is 5.15 Å². The third-order valence-electron chi connectivity index (χ3n) is 3.59. The minimum atomic E-state index is 0.463. The van der Waals surface area contributed by atoms with E-state index < -0.39 is 0 Å². The summed E-state index contributed by atoms with van der Waals surface area (Å²) in [4.78, 5) is 4.18. The molecule has 0 radical (unpaired) electrons. The minimum Gasteiger partial charge on any atom is -0.381 e. The third kappa shape index (κ3) is 3.35. The minimum absolute atomic E-state index is 0.463. The predicted octanol–water partition coefficient (Wildman–Crippen LogP) is 4.42. The maximum absolute atomic E-state index is 5.93. The Morgan fingerprint density at radius 2 is 2.24 bits per heavy atom. The molecule has 2 nitrogen and oxygen atoms in total. The van der Waals surface area contributed by atoms with Gasteiger partial charge in [0, 0.05) is 6.04 Å². The molecular formula is C14H21ClN2. The zero-order chi connectivity index (χ0) is 12.5. The first-order valence-electron chi connectivity index (χ1n) is 6.35. The Morgan fingerprint density at radius 3 is 2.88 bits per heavy atom. The highest BCUT2D eigenvalue weighted by atomic mass is 35.5. The van der Waals surface area contributed by atoms with E-state index >= 15 is 0 Å². The number of nitrogens with zero attached hydrogens (tertiary/aromatic N) is 1. The van der Waals surface area contributed by atoms with Crippen LogP contribution in [-0.2, 0) is 0 Å². The molecular weight excluding hydrogens is 232 g/mol. The summed E-state index contributed by atoms with van der Waals surface area (Å²) in [5.74, 6) is 0. The van der Waals surface area contributed by atoms with Gasteiger partial charge in [-0.05, 0) is 43.2 Å². The number of aromatic nitrogens is 1. The van der Waals surface area contributed by atoms with E-state index in [0.29, 0.717) is 16.6 Å². The van der Waals surface area contributed by atoms with Gasteiger partial charge in [-0.15, -0.1) is 0 Å². The number of hydrogen-bond donors (Lipinski definition) is 1. The molecule has 17 heavy (non-hydrogen) atoms. The van der Waals surface area contributed by atoms with E-state index in [9.17, 15) is 0 Å². The predicted molar refractivity (Wildman–Crippen MR) is 73.6 cm³/mol. The first-order chi connectivity index (χ1) is 7.96. The van der Waals surface area contributed by atoms with Gasteiger partial charge in [-0.2, -0.15) is 0 Å². The number of pyridine rings is 1. The van der Waals surface area contributed by atoms with Crippen LogP contribution in [0.1, 0.15) is 45.1 Å². The van der Waals surface area contributed by atoms with Gasteiger partial charge in [0.15, 0.2) is 0 Å². The van der Waals surface area contributed by atoms with Crippen molar-refractivity contribution < 1.29 is 0 Å². The molecule has 94 valence electrons. The van der Waals surface area contributed by atoms with Gasteiger partial charge < -0.3 is 5.32 Å². The molecule has 1 fully saturated rings. The van der Waals surface area contributed by atoms with Crippen LogP contribution < -0.4 is 5.32 Å². The number of rotatable bonds is 2. The van der Waals surface area contributed by atoms with Crippen LogP contribution in [0.4, 0.5) is 5.69 Å². The Balaban J connectivity index is 2.03. The zero-order valence-corrected chi connectivity index (χ0v) is 11.6. The molecule has 0 aromatic carbocycles. The summed E-state index contributed by atoms with van der Waals surface area (Å²) in [5, 5.41) is 4.18. The molecule has 1 aromatic rings. The fourth-order valence-corrected chi connectivity index (χ4v) is 2.80. The fraction of sp³-hybridized carbons (Fsp3) is 0.643. The summed E-state index contributed by atoms with van der Waals surface area (Å²) < 4.78 is 0. The van der Waals surface area contributed by atoms with Crippen molar-refractivity contribution in [1.29, 1.82) is 0 Å². The van der Waals surface area contributed by atoms with Gasteiger partial charge in [-0.25, -0.2) is 4.98 Å². The average Bonchev–Trinajstić information content (AvgIpc) is 2.22. The van der Waals surface area contributed by atoms with Crippen molar-refractivity contribution in [2.45, 2.75) is 52.5 Å². The number of aryl methyl sites for hydroxylation is 1. The van der Waals surface area contributed by atoms with Gasteiger partial charge in [0.25, 0.3) is 0 Å². The zero-order valence-electron chi connectivity index (χ0n) is 10.9. The Morgan fingerprint density at radius 1 is 1.47 bits per heavy atom. The molecule has 1 saturated carbocycles. The van der Waals surface area contributed by atoms with E-state index in [-0.39, 0.29) is 0 Å². The summed E-state index contributed by atoms with van der Waals surface area (Å²) >= 11 is 5.93. The smallest absolute Gasteiger partial charge is 0.132 e. The Kier molecular flexibility index (Phi) is 3.62. The number of nitrogens with one attached hydrogen (secondary N) is 1. The van der Waals surface area contributed by atoms with Gasteiger partial charge in [-0.1, -0.05) is 31.9 Å². The average molecular weight is 253 g/mol. The number of halogens is 1. The molecule has 1 aromatic heterocycles. The third-order valence-corrected chi connectivity index (χ3v) is 3.99. The van der Waals surface area contributed by atoms with Crippen molar-refractivity contribution in [1.82, 2.24) is 4.98 Å². The van der Waals surface area contributed by atoms with Crippen LogP contribution in [0.5, 0.6) is 0 Å². The van der Waals surface area contributed by atoms with E-state index in [2.05, 4.69) is 30.2 Å². The fourth-order valence-electron chi connectivity index (χ4n) is 2.69. The van der Waals surface area contributed by atoms with E-state index in [0.717, 1.165) is 11.3 Å². The van der Waals surface area contributed by atoms with E-state index in [1.165, 1.54) is 25.7 Å². The second kappa shape index (κ2) is 4.85. The molecule has 0 saturated heterocycles. The van der Waals surface area contributed by atoms with Crippen LogP contribution in [0.15, 0.2) is 12.3 Å². The van der Waals surface area contributed by atoms with Crippen LogP contribution >= 0.6 is 11.6 Å². The molecule has 1 unspecified atom stereocenters. The molecule has 3 heteroatoms. The van der Waals surface area contributed by atoms with Crippen LogP contribution in [-0.4, -0.2) is 11.0 Å². The second-order valence-electron chi connectivity index (χ2n) is 5.93. The van der Waals surface area contributed by atoms with Gasteiger partial charge in [0.05, 0.1) is 11.9 Å². The Bertz CT molecular complexity index is 401. The molecule has 1 N–H and O–H groups in total. The normalized spacial score (nSPS) is 23.4. The summed E-state index contributed by atoms with van der Waals surface area (Å²) in [6.07, 6.45) is 6.96. The maximum atomic E-state index is 5.93. The van der Waals surface area contributed by atoms with E-state index in [1.807, 2.05) is 13.1 Å². The van der Waals surface area contributed by atoms with Gasteiger partial charge >= 0.3 is 0 Å². The van der Waals surface area contributed by atoms with E-state index in [1.54, 1.807) is 0 Å². The monoisotopic (exact) mass is 252 g/mol. The van der Waals surface area contributed by atoms with Crippen LogP contribution in [0, 0.1) is 12.3 Å². The number of anilines is 1. The van der Waals surface area contributed by atoms with Crippen molar-refractivity contribution in [2.75, 3.05) is 5.32 Å². The lowest BCUT2D eigenvalue weighted by molar-refractivity contribution is 0.229. The van der Waals surface area contributed by atoms with Crippen molar-refractivity contribution in [3.8, 4) is 0 Å². The van der Waals surface area contributed by atoms with E-state index in [4.69, 9.17) is 11.6 Å². The lowest BCUT2D eigenvalue weighted by atomic mass is 9.75. The van der Waals surface area contributed by atoms with Crippen molar-refractivity contribution >= 4 is 17.3 Å². The maximum Gasteiger partial charge on any atom is 0.132 e. The SMILES string of the molecule is Cc1cc(NC2CCCC(C)(C)C2)cnc1Cl. The summed E-state index contributed by atoms with van der Waals surface area (Å²) in [6, 6.07) is 2.65. The summed E-state index contributed by atoms with van der Waals surface area (Å²) in [6.45, 7) is 6.70. The van der Waals surface area contributed by atoms with Crippen molar-refractivity contribution in [3.05, 3.63) is 23.0 Å². The quantitative estimate of drug-likeness (QED) is 0.788. The molecule has 0 aliphatic heterocycles. The lowest BCUT2D eigenvalue weighted by Gasteiger charge is -2.36. The van der Waals surface area contributed by atoms with Crippen molar-refractivity contribution in [3.63, 3.8) is 0 Å². The lowest BCUT2D eigenvalue weighted by Crippen LogP contribution is -2.31. The molecule has 0 amide bonds. The number of hydrogen-bond acceptors (Lipinski definition) is 2. The van der Waals surface area contributed by atoms with Gasteiger partial charge in [0.2, 0.25) is 0 Å². The molecule has 2 rings (SSSR count). The van der Waals surface area contributed by atoms with Crippen LogP contribution in [0.25, 0.3) is 0 Å². The molecule has 1 aliphatic rings. The molecule has 1 aliphatic carbocycles. The standard InChI is InChI=1S/C14H21ClN2/c1-10-7-12(9-16-13(10)15)17-11-5-4-6-14(2,3)8-11/h7,9,11,17H,4-6,8H2,1-3H3. The topological polar surface area (TPSA) is 24.9 Å².